The quantitative estimate of drug-likeness (QED) is 0.724. The van der Waals surface area contributed by atoms with Gasteiger partial charge in [-0.05, 0) is 55.5 Å². The molecular formula is C19H20F4N2O3S. The van der Waals surface area contributed by atoms with E-state index >= 15 is 0 Å². The highest BCUT2D eigenvalue weighted by Crippen LogP contribution is 2.47. The van der Waals surface area contributed by atoms with Gasteiger partial charge in [-0.2, -0.15) is 13.2 Å². The minimum Gasteiger partial charge on any atom is -0.392 e. The summed E-state index contributed by atoms with van der Waals surface area (Å²) in [4.78, 5) is 2.82. The summed E-state index contributed by atoms with van der Waals surface area (Å²) in [6.07, 6.45) is -3.44. The molecular weight excluding hydrogens is 412 g/mol. The number of nitrogens with two attached hydrogens (primary N) is 1. The summed E-state index contributed by atoms with van der Waals surface area (Å²) in [6.45, 7) is -0.412. The second kappa shape index (κ2) is 7.66. The molecule has 1 saturated carbocycles. The van der Waals surface area contributed by atoms with E-state index in [-0.39, 0.29) is 24.4 Å². The minimum absolute atomic E-state index is 0.00330. The molecule has 0 aliphatic heterocycles. The SMILES string of the molecule is NC1CCC(c2cc(CO)ccc2F)(S(=O)(=O)c2ccc(C(F)(F)F)nc2)CC1. The molecule has 3 N–H and O–H groups in total. The van der Waals surface area contributed by atoms with Crippen molar-refractivity contribution in [3.8, 4) is 0 Å². The van der Waals surface area contributed by atoms with Gasteiger partial charge in [-0.3, -0.25) is 4.98 Å². The largest absolute Gasteiger partial charge is 0.433 e. The molecule has 0 bridgehead atoms. The third-order valence-corrected chi connectivity index (χ3v) is 7.91. The van der Waals surface area contributed by atoms with Gasteiger partial charge in [0.2, 0.25) is 0 Å². The Kier molecular flexibility index (Phi) is 5.72. The number of aromatic nitrogens is 1. The van der Waals surface area contributed by atoms with Crippen LogP contribution in [0.15, 0.2) is 41.4 Å². The fourth-order valence-corrected chi connectivity index (χ4v) is 5.85. The molecule has 3 rings (SSSR count). The van der Waals surface area contributed by atoms with Crippen LogP contribution < -0.4 is 5.73 Å². The third kappa shape index (κ3) is 3.88. The van der Waals surface area contributed by atoms with Crippen LogP contribution in [0, 0.1) is 5.82 Å². The lowest BCUT2D eigenvalue weighted by atomic mass is 9.80. The molecule has 0 unspecified atom stereocenters. The van der Waals surface area contributed by atoms with Gasteiger partial charge in [0.05, 0.1) is 11.5 Å². The Bertz CT molecular complexity index is 984. The van der Waals surface area contributed by atoms with Crippen molar-refractivity contribution in [2.45, 2.75) is 54.2 Å². The standard InChI is InChI=1S/C19H20F4N2O3S/c20-16-3-1-12(11-26)9-15(16)18(7-5-13(24)6-8-18)29(27,28)14-2-4-17(25-10-14)19(21,22)23/h1-4,9-10,13,26H,5-8,11,24H2. The minimum atomic E-state index is -4.71. The van der Waals surface area contributed by atoms with E-state index in [1.54, 1.807) is 0 Å². The summed E-state index contributed by atoms with van der Waals surface area (Å²) in [6, 6.07) is 4.89. The second-order valence-electron chi connectivity index (χ2n) is 7.18. The fourth-order valence-electron chi connectivity index (χ4n) is 3.74. The first-order valence-corrected chi connectivity index (χ1v) is 10.4. The molecule has 29 heavy (non-hydrogen) atoms. The van der Waals surface area contributed by atoms with Crippen molar-refractivity contribution in [2.24, 2.45) is 5.73 Å². The topological polar surface area (TPSA) is 93.3 Å². The molecule has 0 spiro atoms. The molecule has 0 atom stereocenters. The van der Waals surface area contributed by atoms with E-state index in [2.05, 4.69) is 4.98 Å². The van der Waals surface area contributed by atoms with Crippen molar-refractivity contribution >= 4 is 9.84 Å². The van der Waals surface area contributed by atoms with Crippen molar-refractivity contribution in [1.29, 1.82) is 0 Å². The molecule has 1 heterocycles. The van der Waals surface area contributed by atoms with Crippen LogP contribution in [-0.4, -0.2) is 24.6 Å². The Morgan fingerprint density at radius 2 is 1.83 bits per heavy atom. The van der Waals surface area contributed by atoms with E-state index in [0.717, 1.165) is 12.1 Å². The summed E-state index contributed by atoms with van der Waals surface area (Å²) in [7, 11) is -4.32. The highest BCUT2D eigenvalue weighted by atomic mass is 32.2. The van der Waals surface area contributed by atoms with E-state index in [1.807, 2.05) is 0 Å². The van der Waals surface area contributed by atoms with E-state index in [1.165, 1.54) is 12.1 Å². The Balaban J connectivity index is 2.17. The van der Waals surface area contributed by atoms with Crippen molar-refractivity contribution in [2.75, 3.05) is 0 Å². The summed E-state index contributed by atoms with van der Waals surface area (Å²) in [5.74, 6) is -0.763. The number of rotatable bonds is 4. The van der Waals surface area contributed by atoms with E-state index < -0.39 is 43.8 Å². The number of aliphatic hydroxyl groups excluding tert-OH is 1. The molecule has 0 radical (unpaired) electrons. The van der Waals surface area contributed by atoms with Gasteiger partial charge in [-0.15, -0.1) is 0 Å². The molecule has 10 heteroatoms. The average Bonchev–Trinajstić information content (AvgIpc) is 2.68. The zero-order valence-corrected chi connectivity index (χ0v) is 16.1. The van der Waals surface area contributed by atoms with E-state index in [9.17, 15) is 31.1 Å². The van der Waals surface area contributed by atoms with Crippen LogP contribution in [0.4, 0.5) is 17.6 Å². The van der Waals surface area contributed by atoms with Gasteiger partial charge in [0.15, 0.2) is 9.84 Å². The maximum Gasteiger partial charge on any atom is 0.433 e. The van der Waals surface area contributed by atoms with Crippen LogP contribution in [0.1, 0.15) is 42.5 Å². The Hall–Kier alpha value is -2.04. The smallest absolute Gasteiger partial charge is 0.392 e. The van der Waals surface area contributed by atoms with Crippen LogP contribution in [0.2, 0.25) is 0 Å². The highest BCUT2D eigenvalue weighted by Gasteiger charge is 2.50. The molecule has 1 aliphatic carbocycles. The first-order valence-electron chi connectivity index (χ1n) is 8.94. The monoisotopic (exact) mass is 432 g/mol. The van der Waals surface area contributed by atoms with Crippen molar-refractivity contribution in [1.82, 2.24) is 4.98 Å². The number of hydrogen-bond donors (Lipinski definition) is 2. The van der Waals surface area contributed by atoms with E-state index in [4.69, 9.17) is 5.73 Å². The molecule has 2 aromatic rings. The molecule has 1 aliphatic rings. The summed E-state index contributed by atoms with van der Waals surface area (Å²) in [5, 5.41) is 9.40. The fraction of sp³-hybridized carbons (Fsp3) is 0.421. The van der Waals surface area contributed by atoms with Crippen LogP contribution in [0.5, 0.6) is 0 Å². The Labute approximate surface area is 165 Å². The van der Waals surface area contributed by atoms with Gasteiger partial charge in [-0.25, -0.2) is 12.8 Å². The van der Waals surface area contributed by atoms with Crippen LogP contribution in [0.3, 0.4) is 0 Å². The molecule has 1 aromatic heterocycles. The predicted molar refractivity (Wildman–Crippen MR) is 96.9 cm³/mol. The number of benzene rings is 1. The van der Waals surface area contributed by atoms with Crippen molar-refractivity contribution < 1.29 is 31.1 Å². The summed E-state index contributed by atoms with van der Waals surface area (Å²) < 4.78 is 78.5. The predicted octanol–water partition coefficient (Wildman–Crippen LogP) is 3.30. The van der Waals surface area contributed by atoms with Gasteiger partial charge >= 0.3 is 6.18 Å². The molecule has 0 amide bonds. The first-order chi connectivity index (χ1) is 13.5. The lowest BCUT2D eigenvalue weighted by molar-refractivity contribution is -0.141. The van der Waals surface area contributed by atoms with Gasteiger partial charge in [0, 0.05) is 17.8 Å². The Morgan fingerprint density at radius 3 is 2.34 bits per heavy atom. The third-order valence-electron chi connectivity index (χ3n) is 5.39. The van der Waals surface area contributed by atoms with E-state index in [0.29, 0.717) is 30.7 Å². The van der Waals surface area contributed by atoms with Crippen LogP contribution >= 0.6 is 0 Å². The number of hydrogen-bond acceptors (Lipinski definition) is 5. The lowest BCUT2D eigenvalue weighted by Gasteiger charge is -2.39. The number of alkyl halides is 3. The molecule has 1 aromatic carbocycles. The molecule has 158 valence electrons. The van der Waals surface area contributed by atoms with Crippen molar-refractivity contribution in [3.05, 3.63) is 59.2 Å². The highest BCUT2D eigenvalue weighted by molar-refractivity contribution is 7.92. The lowest BCUT2D eigenvalue weighted by Crippen LogP contribution is -2.43. The molecule has 1 fully saturated rings. The van der Waals surface area contributed by atoms with Crippen molar-refractivity contribution in [3.63, 3.8) is 0 Å². The zero-order valence-electron chi connectivity index (χ0n) is 15.3. The zero-order chi connectivity index (χ0) is 21.4. The van der Waals surface area contributed by atoms with Gasteiger partial charge in [0.25, 0.3) is 0 Å². The second-order valence-corrected chi connectivity index (χ2v) is 9.44. The molecule has 0 saturated heterocycles. The van der Waals surface area contributed by atoms with Gasteiger partial charge < -0.3 is 10.8 Å². The Morgan fingerprint density at radius 1 is 1.17 bits per heavy atom. The number of nitrogens with zero attached hydrogens (tertiary/aromatic N) is 1. The number of halogens is 4. The normalized spacial score (nSPS) is 23.2. The first kappa shape index (κ1) is 21.7. The number of aliphatic hydroxyl groups is 1. The van der Waals surface area contributed by atoms with Gasteiger partial charge in [-0.1, -0.05) is 6.07 Å². The maximum absolute atomic E-state index is 14.8. The van der Waals surface area contributed by atoms with Gasteiger partial charge in [0.1, 0.15) is 16.3 Å². The number of sulfone groups is 1. The molecule has 5 nitrogen and oxygen atoms in total. The van der Waals surface area contributed by atoms with Crippen LogP contribution in [-0.2, 0) is 27.4 Å². The van der Waals surface area contributed by atoms with Crippen LogP contribution in [0.25, 0.3) is 0 Å². The summed E-state index contributed by atoms with van der Waals surface area (Å²) >= 11 is 0. The maximum atomic E-state index is 14.8. The number of pyridine rings is 1. The average molecular weight is 432 g/mol. The summed E-state index contributed by atoms with van der Waals surface area (Å²) in [5.41, 5.74) is 4.91.